The van der Waals surface area contributed by atoms with Crippen LogP contribution >= 0.6 is 23.1 Å². The van der Waals surface area contributed by atoms with Gasteiger partial charge in [-0.15, -0.1) is 21.5 Å². The molecule has 0 aliphatic heterocycles. The standard InChI is InChI=1S/C29H34N6O3S2/c1-6-19-10-13-21-23(14-19)40-27(25(21)28(37)38-7-2)30-24(36)16-39-29-32-31-26(22-15-34(5)33-18(22)4)35(29)20-11-8-17(3)9-12-20/h8-9,11-12,15,19H,6-7,10,13-14,16H2,1-5H3,(H,30,36)/t19-/m1/s1. The quantitative estimate of drug-likeness (QED) is 0.199. The number of thiophene rings is 1. The van der Waals surface area contributed by atoms with Crippen molar-refractivity contribution in [2.75, 3.05) is 17.7 Å². The molecule has 11 heteroatoms. The van der Waals surface area contributed by atoms with Gasteiger partial charge >= 0.3 is 5.97 Å². The molecular weight excluding hydrogens is 544 g/mol. The Labute approximate surface area is 242 Å². The molecule has 1 aromatic carbocycles. The summed E-state index contributed by atoms with van der Waals surface area (Å²) in [7, 11) is 1.87. The number of hydrogen-bond donors (Lipinski definition) is 1. The van der Waals surface area contributed by atoms with E-state index >= 15 is 0 Å². The minimum Gasteiger partial charge on any atom is -0.462 e. The second kappa shape index (κ2) is 12.0. The number of nitrogens with zero attached hydrogens (tertiary/aromatic N) is 5. The van der Waals surface area contributed by atoms with E-state index in [0.29, 0.717) is 27.5 Å². The number of ether oxygens (including phenoxy) is 1. The fraction of sp³-hybridized carbons (Fsp3) is 0.414. The lowest BCUT2D eigenvalue weighted by Crippen LogP contribution is -2.18. The molecule has 0 saturated heterocycles. The minimum absolute atomic E-state index is 0.110. The Morgan fingerprint density at radius 1 is 1.18 bits per heavy atom. The van der Waals surface area contributed by atoms with E-state index in [1.54, 1.807) is 11.6 Å². The van der Waals surface area contributed by atoms with Gasteiger partial charge in [-0.3, -0.25) is 14.0 Å². The summed E-state index contributed by atoms with van der Waals surface area (Å²) >= 11 is 2.81. The molecule has 0 spiro atoms. The summed E-state index contributed by atoms with van der Waals surface area (Å²) in [4.78, 5) is 27.3. The fourth-order valence-corrected chi connectivity index (χ4v) is 7.20. The summed E-state index contributed by atoms with van der Waals surface area (Å²) in [6.45, 7) is 8.26. The number of esters is 1. The summed E-state index contributed by atoms with van der Waals surface area (Å²) < 4.78 is 9.08. The number of amides is 1. The minimum atomic E-state index is -0.367. The zero-order valence-corrected chi connectivity index (χ0v) is 25.1. The maximum atomic E-state index is 13.2. The molecule has 1 aliphatic rings. The number of aryl methyl sites for hydroxylation is 3. The first kappa shape index (κ1) is 28.1. The fourth-order valence-electron chi connectivity index (χ4n) is 5.09. The van der Waals surface area contributed by atoms with Crippen molar-refractivity contribution in [1.29, 1.82) is 0 Å². The van der Waals surface area contributed by atoms with E-state index in [0.717, 1.165) is 53.8 Å². The Morgan fingerprint density at radius 3 is 2.62 bits per heavy atom. The monoisotopic (exact) mass is 578 g/mol. The highest BCUT2D eigenvalue weighted by atomic mass is 32.2. The van der Waals surface area contributed by atoms with Gasteiger partial charge in [0.25, 0.3) is 0 Å². The molecule has 210 valence electrons. The Kier molecular flexibility index (Phi) is 8.41. The van der Waals surface area contributed by atoms with Crippen LogP contribution in [0.4, 0.5) is 5.00 Å². The highest BCUT2D eigenvalue weighted by molar-refractivity contribution is 7.99. The first-order valence-corrected chi connectivity index (χ1v) is 15.4. The maximum Gasteiger partial charge on any atom is 0.341 e. The number of thioether (sulfide) groups is 1. The van der Waals surface area contributed by atoms with E-state index in [1.165, 1.54) is 28.0 Å². The summed E-state index contributed by atoms with van der Waals surface area (Å²) in [5, 5.41) is 17.6. The third-order valence-electron chi connectivity index (χ3n) is 7.19. The zero-order valence-electron chi connectivity index (χ0n) is 23.5. The molecule has 3 aromatic heterocycles. The predicted molar refractivity (Wildman–Crippen MR) is 158 cm³/mol. The van der Waals surface area contributed by atoms with E-state index in [4.69, 9.17) is 4.74 Å². The molecule has 0 bridgehead atoms. The molecule has 5 rings (SSSR count). The summed E-state index contributed by atoms with van der Waals surface area (Å²) in [6, 6.07) is 8.11. The number of anilines is 1. The van der Waals surface area contributed by atoms with Gasteiger partial charge in [-0.05, 0) is 63.6 Å². The van der Waals surface area contributed by atoms with E-state index in [-0.39, 0.29) is 24.2 Å². The Hall–Kier alpha value is -3.44. The van der Waals surface area contributed by atoms with E-state index in [2.05, 4.69) is 27.5 Å². The maximum absolute atomic E-state index is 13.2. The molecule has 1 amide bonds. The van der Waals surface area contributed by atoms with E-state index < -0.39 is 0 Å². The van der Waals surface area contributed by atoms with Crippen molar-refractivity contribution in [1.82, 2.24) is 24.5 Å². The van der Waals surface area contributed by atoms with Crippen LogP contribution in [-0.2, 0) is 29.4 Å². The molecule has 1 N–H and O–H groups in total. The van der Waals surface area contributed by atoms with Gasteiger partial charge in [0.1, 0.15) is 5.00 Å². The molecule has 0 radical (unpaired) electrons. The molecular formula is C29H34N6O3S2. The molecule has 0 unspecified atom stereocenters. The molecule has 9 nitrogen and oxygen atoms in total. The third kappa shape index (κ3) is 5.71. The van der Waals surface area contributed by atoms with Crippen LogP contribution in [0.2, 0.25) is 0 Å². The number of carbonyl (C=O) groups is 2. The van der Waals surface area contributed by atoms with Gasteiger partial charge < -0.3 is 10.1 Å². The lowest BCUT2D eigenvalue weighted by Gasteiger charge is -2.20. The second-order valence-corrected chi connectivity index (χ2v) is 12.1. The second-order valence-electron chi connectivity index (χ2n) is 10.1. The SMILES string of the molecule is CCOC(=O)c1c(NC(=O)CSc2nnc(-c3cn(C)nc3C)n2-c2ccc(C)cc2)sc2c1CC[C@@H](CC)C2. The lowest BCUT2D eigenvalue weighted by atomic mass is 9.85. The van der Waals surface area contributed by atoms with Gasteiger partial charge in [0.15, 0.2) is 11.0 Å². The van der Waals surface area contributed by atoms with Crippen molar-refractivity contribution in [2.24, 2.45) is 13.0 Å². The third-order valence-corrected chi connectivity index (χ3v) is 9.29. The lowest BCUT2D eigenvalue weighted by molar-refractivity contribution is -0.113. The number of benzene rings is 1. The van der Waals surface area contributed by atoms with Gasteiger partial charge in [0.2, 0.25) is 5.91 Å². The number of aromatic nitrogens is 5. The van der Waals surface area contributed by atoms with Crippen LogP contribution in [-0.4, -0.2) is 48.8 Å². The van der Waals surface area contributed by atoms with Crippen LogP contribution in [0, 0.1) is 19.8 Å². The van der Waals surface area contributed by atoms with Crippen LogP contribution < -0.4 is 5.32 Å². The van der Waals surface area contributed by atoms with Gasteiger partial charge in [-0.25, -0.2) is 4.79 Å². The van der Waals surface area contributed by atoms with Crippen molar-refractivity contribution in [3.63, 3.8) is 0 Å². The van der Waals surface area contributed by atoms with Crippen LogP contribution in [0.25, 0.3) is 17.1 Å². The summed E-state index contributed by atoms with van der Waals surface area (Å²) in [6.07, 6.45) is 5.84. The number of hydrogen-bond acceptors (Lipinski definition) is 8. The van der Waals surface area contributed by atoms with Crippen molar-refractivity contribution in [2.45, 2.75) is 58.5 Å². The van der Waals surface area contributed by atoms with Crippen LogP contribution in [0.5, 0.6) is 0 Å². The molecule has 1 aliphatic carbocycles. The van der Waals surface area contributed by atoms with Crippen LogP contribution in [0.15, 0.2) is 35.6 Å². The molecule has 1 atom stereocenters. The largest absolute Gasteiger partial charge is 0.462 e. The normalized spacial score (nSPS) is 14.7. The Balaban J connectivity index is 1.40. The number of rotatable bonds is 9. The smallest absolute Gasteiger partial charge is 0.341 e. The molecule has 40 heavy (non-hydrogen) atoms. The first-order chi connectivity index (χ1) is 19.3. The van der Waals surface area contributed by atoms with Crippen LogP contribution in [0.3, 0.4) is 0 Å². The zero-order chi connectivity index (χ0) is 28.4. The summed E-state index contributed by atoms with van der Waals surface area (Å²) in [5.74, 6) is 0.801. The van der Waals surface area contributed by atoms with Crippen LogP contribution in [0.1, 0.15) is 58.7 Å². The van der Waals surface area contributed by atoms with Gasteiger partial charge in [-0.1, -0.05) is 42.8 Å². The Bertz CT molecular complexity index is 1540. The number of nitrogens with one attached hydrogen (secondary N) is 1. The molecule has 0 fully saturated rings. The highest BCUT2D eigenvalue weighted by Crippen LogP contribution is 2.41. The van der Waals surface area contributed by atoms with Crippen molar-refractivity contribution < 1.29 is 14.3 Å². The average molecular weight is 579 g/mol. The number of carbonyl (C=O) groups excluding carboxylic acids is 2. The molecule has 3 heterocycles. The molecule has 0 saturated carbocycles. The highest BCUT2D eigenvalue weighted by Gasteiger charge is 2.30. The summed E-state index contributed by atoms with van der Waals surface area (Å²) in [5.41, 5.74) is 5.32. The average Bonchev–Trinajstić information content (AvgIpc) is 3.61. The van der Waals surface area contributed by atoms with E-state index in [9.17, 15) is 9.59 Å². The first-order valence-electron chi connectivity index (χ1n) is 13.6. The predicted octanol–water partition coefficient (Wildman–Crippen LogP) is 5.77. The van der Waals surface area contributed by atoms with Crippen molar-refractivity contribution in [3.8, 4) is 17.1 Å². The van der Waals surface area contributed by atoms with Gasteiger partial charge in [0, 0.05) is 23.8 Å². The van der Waals surface area contributed by atoms with Gasteiger partial charge in [-0.2, -0.15) is 5.10 Å². The van der Waals surface area contributed by atoms with Crippen molar-refractivity contribution >= 4 is 40.0 Å². The van der Waals surface area contributed by atoms with Gasteiger partial charge in [0.05, 0.1) is 29.2 Å². The van der Waals surface area contributed by atoms with Crippen molar-refractivity contribution in [3.05, 3.63) is 57.7 Å². The molecule has 4 aromatic rings. The topological polar surface area (TPSA) is 104 Å². The number of fused-ring (bicyclic) bond motifs is 1. The van der Waals surface area contributed by atoms with E-state index in [1.807, 2.05) is 55.9 Å². The Morgan fingerprint density at radius 2 is 1.95 bits per heavy atom.